The lowest BCUT2D eigenvalue weighted by atomic mass is 10.4. The molecule has 0 amide bonds. The second-order valence-electron chi connectivity index (χ2n) is 5.23. The summed E-state index contributed by atoms with van der Waals surface area (Å²) in [5.74, 6) is -0.670. The van der Waals surface area contributed by atoms with Crippen LogP contribution in [0, 0.1) is 0 Å². The Bertz CT molecular complexity index is 427. The van der Waals surface area contributed by atoms with Gasteiger partial charge in [-0.25, -0.2) is 9.59 Å². The summed E-state index contributed by atoms with van der Waals surface area (Å²) in [7, 11) is 2.13. The molecule has 0 aromatic rings. The Labute approximate surface area is 163 Å². The van der Waals surface area contributed by atoms with Crippen LogP contribution in [-0.2, 0) is 32.3 Å². The molecule has 7 nitrogen and oxygen atoms in total. The Balaban J connectivity index is -0.000000453. The predicted molar refractivity (Wildman–Crippen MR) is 109 cm³/mol. The van der Waals surface area contributed by atoms with Crippen molar-refractivity contribution in [1.29, 1.82) is 0 Å². The zero-order chi connectivity index (χ0) is 19.9. The van der Waals surface area contributed by atoms with Crippen LogP contribution in [0.2, 0.25) is 6.04 Å². The number of carbonyl (C=O) groups excluding carboxylic acids is 2. The fourth-order valence-electron chi connectivity index (χ4n) is 1.45. The summed E-state index contributed by atoms with van der Waals surface area (Å²) in [5, 5.41) is 0. The number of esters is 2. The van der Waals surface area contributed by atoms with Crippen molar-refractivity contribution in [2.24, 2.45) is 0 Å². The molecule has 0 spiro atoms. The zero-order valence-corrected chi connectivity index (χ0v) is 17.3. The molecule has 26 heavy (non-hydrogen) atoms. The molecule has 0 saturated heterocycles. The van der Waals surface area contributed by atoms with Crippen molar-refractivity contribution >= 4 is 31.7 Å². The minimum atomic E-state index is -2.53. The third-order valence-corrected chi connectivity index (χ3v) is 5.76. The van der Waals surface area contributed by atoms with Gasteiger partial charge in [0, 0.05) is 38.5 Å². The van der Waals surface area contributed by atoms with Gasteiger partial charge in [0.05, 0.1) is 13.2 Å². The number of ether oxygens (including phenoxy) is 2. The summed E-state index contributed by atoms with van der Waals surface area (Å²) < 4.78 is 25.3. The standard InChI is InChI=1S/C10H20O5Si.C7H12O2.H4Si/c1-9(2)10(11)15-7-6-8-16(12-3,13-4)14-5;1-4-5-9-7(8)6(2)3;/h1,6-8H2,2-5H3;2,4-5H2,1,3H3;1H4. The molecule has 0 radical (unpaired) electrons. The maximum atomic E-state index is 11.1. The highest BCUT2D eigenvalue weighted by Gasteiger charge is 2.36. The van der Waals surface area contributed by atoms with Crippen molar-refractivity contribution in [3.8, 4) is 0 Å². The molecule has 0 fully saturated rings. The van der Waals surface area contributed by atoms with Crippen molar-refractivity contribution in [3.63, 3.8) is 0 Å². The second kappa shape index (κ2) is 17.2. The topological polar surface area (TPSA) is 80.3 Å². The molecule has 0 aromatic carbocycles. The first-order chi connectivity index (χ1) is 11.7. The third-order valence-electron chi connectivity index (χ3n) is 2.93. The first-order valence-electron chi connectivity index (χ1n) is 8.00. The largest absolute Gasteiger partial charge is 0.500 e. The number of rotatable bonds is 11. The maximum Gasteiger partial charge on any atom is 0.500 e. The van der Waals surface area contributed by atoms with Gasteiger partial charge in [0.1, 0.15) is 0 Å². The van der Waals surface area contributed by atoms with E-state index < -0.39 is 8.80 Å². The lowest BCUT2D eigenvalue weighted by Crippen LogP contribution is -2.42. The van der Waals surface area contributed by atoms with Crippen molar-refractivity contribution in [2.75, 3.05) is 34.5 Å². The van der Waals surface area contributed by atoms with E-state index >= 15 is 0 Å². The quantitative estimate of drug-likeness (QED) is 0.221. The smallest absolute Gasteiger partial charge is 0.462 e. The van der Waals surface area contributed by atoms with E-state index in [1.165, 1.54) is 0 Å². The minimum absolute atomic E-state index is 0. The Morgan fingerprint density at radius 2 is 1.23 bits per heavy atom. The summed E-state index contributed by atoms with van der Waals surface area (Å²) in [6.07, 6.45) is 1.50. The highest BCUT2D eigenvalue weighted by molar-refractivity contribution is 6.60. The molecular weight excluding hydrogens is 372 g/mol. The molecule has 0 atom stereocenters. The molecule has 0 unspecified atom stereocenters. The molecule has 9 heteroatoms. The lowest BCUT2D eigenvalue weighted by molar-refractivity contribution is -0.139. The molecule has 154 valence electrons. The lowest BCUT2D eigenvalue weighted by Gasteiger charge is -2.24. The fraction of sp³-hybridized carbons (Fsp3) is 0.647. The van der Waals surface area contributed by atoms with E-state index in [-0.39, 0.29) is 22.9 Å². The van der Waals surface area contributed by atoms with Crippen LogP contribution >= 0.6 is 0 Å². The van der Waals surface area contributed by atoms with Crippen LogP contribution in [-0.4, -0.2) is 66.3 Å². The van der Waals surface area contributed by atoms with E-state index in [1.54, 1.807) is 35.2 Å². The third kappa shape index (κ3) is 14.0. The molecule has 0 aliphatic carbocycles. The summed E-state index contributed by atoms with van der Waals surface area (Å²) in [4.78, 5) is 21.7. The van der Waals surface area contributed by atoms with Gasteiger partial charge in [-0.1, -0.05) is 20.1 Å². The first-order valence-corrected chi connectivity index (χ1v) is 9.93. The summed E-state index contributed by atoms with van der Waals surface area (Å²) >= 11 is 0. The van der Waals surface area contributed by atoms with Crippen LogP contribution in [0.4, 0.5) is 0 Å². The van der Waals surface area contributed by atoms with E-state index in [1.807, 2.05) is 6.92 Å². The number of carbonyl (C=O) groups is 2. The van der Waals surface area contributed by atoms with Crippen molar-refractivity contribution in [1.82, 2.24) is 0 Å². The molecule has 0 N–H and O–H groups in total. The van der Waals surface area contributed by atoms with Crippen LogP contribution in [0.5, 0.6) is 0 Å². The van der Waals surface area contributed by atoms with Gasteiger partial charge in [0.25, 0.3) is 0 Å². The molecule has 0 aliphatic rings. The maximum absolute atomic E-state index is 11.1. The number of hydrogen-bond donors (Lipinski definition) is 0. The summed E-state index contributed by atoms with van der Waals surface area (Å²) in [6, 6.07) is 0.611. The van der Waals surface area contributed by atoms with Crippen LogP contribution < -0.4 is 0 Å². The van der Waals surface area contributed by atoms with Crippen LogP contribution in [0.25, 0.3) is 0 Å². The first kappa shape index (κ1) is 29.5. The minimum Gasteiger partial charge on any atom is -0.462 e. The van der Waals surface area contributed by atoms with Crippen molar-refractivity contribution in [3.05, 3.63) is 24.3 Å². The SMILES string of the molecule is C=C(C)C(=O)OCCC.C=C(C)C(=O)OCCC[Si](OC)(OC)OC.[SiH4]. The van der Waals surface area contributed by atoms with Crippen molar-refractivity contribution in [2.45, 2.75) is 39.7 Å². The molecular formula is C17H36O7Si2. The summed E-state index contributed by atoms with van der Waals surface area (Å²) in [6.45, 7) is 12.9. The van der Waals surface area contributed by atoms with Crippen LogP contribution in [0.1, 0.15) is 33.6 Å². The Morgan fingerprint density at radius 3 is 1.54 bits per heavy atom. The molecule has 0 aromatic heterocycles. The predicted octanol–water partition coefficient (Wildman–Crippen LogP) is 1.44. The van der Waals surface area contributed by atoms with Crippen molar-refractivity contribution < 1.29 is 32.3 Å². The number of hydrogen-bond acceptors (Lipinski definition) is 7. The molecule has 0 heterocycles. The molecule has 0 aliphatic heterocycles. The van der Waals surface area contributed by atoms with E-state index in [4.69, 9.17) is 22.8 Å². The normalized spacial score (nSPS) is 9.92. The molecule has 0 bridgehead atoms. The highest BCUT2D eigenvalue weighted by Crippen LogP contribution is 2.14. The van der Waals surface area contributed by atoms with Gasteiger partial charge in [-0.3, -0.25) is 0 Å². The average Bonchev–Trinajstić information content (AvgIpc) is 2.60. The van der Waals surface area contributed by atoms with Gasteiger partial charge in [0.15, 0.2) is 0 Å². The van der Waals surface area contributed by atoms with E-state index in [9.17, 15) is 9.59 Å². The van der Waals surface area contributed by atoms with Crippen LogP contribution in [0.15, 0.2) is 24.3 Å². The fourth-order valence-corrected chi connectivity index (χ4v) is 3.14. The van der Waals surface area contributed by atoms with Gasteiger partial charge in [-0.05, 0) is 37.7 Å². The van der Waals surface area contributed by atoms with Gasteiger partial charge in [0.2, 0.25) is 0 Å². The highest BCUT2D eigenvalue weighted by atomic mass is 28.4. The second-order valence-corrected chi connectivity index (χ2v) is 8.32. The van der Waals surface area contributed by atoms with Gasteiger partial charge in [-0.15, -0.1) is 0 Å². The van der Waals surface area contributed by atoms with Crippen LogP contribution in [0.3, 0.4) is 0 Å². The average molecular weight is 409 g/mol. The van der Waals surface area contributed by atoms with E-state index in [0.29, 0.717) is 36.8 Å². The zero-order valence-electron chi connectivity index (χ0n) is 16.3. The van der Waals surface area contributed by atoms with Gasteiger partial charge >= 0.3 is 20.7 Å². The Kier molecular flexibility index (Phi) is 19.5. The Hall–Kier alpha value is -1.27. The summed E-state index contributed by atoms with van der Waals surface area (Å²) in [5.41, 5.74) is 0.859. The molecule has 0 saturated carbocycles. The monoisotopic (exact) mass is 408 g/mol. The van der Waals surface area contributed by atoms with Gasteiger partial charge in [-0.2, -0.15) is 0 Å². The molecule has 0 rings (SSSR count). The van der Waals surface area contributed by atoms with E-state index in [0.717, 1.165) is 6.42 Å². The van der Waals surface area contributed by atoms with Gasteiger partial charge < -0.3 is 22.8 Å². The Morgan fingerprint density at radius 1 is 0.846 bits per heavy atom. The van der Waals surface area contributed by atoms with E-state index in [2.05, 4.69) is 13.2 Å².